The highest BCUT2D eigenvalue weighted by molar-refractivity contribution is 4.93. The molecule has 1 unspecified atom stereocenters. The fraction of sp³-hybridized carbons (Fsp3) is 1.00. The third-order valence-corrected chi connectivity index (χ3v) is 4.29. The van der Waals surface area contributed by atoms with Gasteiger partial charge in [0.2, 0.25) is 0 Å². The van der Waals surface area contributed by atoms with Gasteiger partial charge in [-0.05, 0) is 40.5 Å². The smallest absolute Gasteiger partial charge is 0.0634 e. The molecule has 0 bridgehead atoms. The lowest BCUT2D eigenvalue weighted by Crippen LogP contribution is -2.62. The molecule has 1 atom stereocenters. The van der Waals surface area contributed by atoms with Crippen molar-refractivity contribution in [3.8, 4) is 0 Å². The van der Waals surface area contributed by atoms with E-state index in [1.54, 1.807) is 0 Å². The Hall–Kier alpha value is -0.120. The molecule has 0 amide bonds. The van der Waals surface area contributed by atoms with E-state index < -0.39 is 0 Å². The lowest BCUT2D eigenvalue weighted by atomic mass is 9.94. The van der Waals surface area contributed by atoms with Gasteiger partial charge >= 0.3 is 0 Å². The number of nitrogens with zero attached hydrogens (tertiary/aromatic N) is 1. The molecule has 0 aromatic rings. The molecule has 1 N–H and O–H groups in total. The van der Waals surface area contributed by atoms with Gasteiger partial charge in [0, 0.05) is 38.3 Å². The zero-order valence-corrected chi connectivity index (χ0v) is 13.2. The minimum absolute atomic E-state index is 0.0127. The van der Waals surface area contributed by atoms with Crippen molar-refractivity contribution < 1.29 is 4.74 Å². The molecule has 18 heavy (non-hydrogen) atoms. The maximum absolute atomic E-state index is 5.53. The number of hydrogen-bond donors (Lipinski definition) is 1. The molecule has 0 spiro atoms. The quantitative estimate of drug-likeness (QED) is 0.791. The van der Waals surface area contributed by atoms with Crippen LogP contribution in [0.3, 0.4) is 0 Å². The minimum atomic E-state index is -0.0127. The van der Waals surface area contributed by atoms with Gasteiger partial charge in [-0.3, -0.25) is 4.90 Å². The number of ether oxygens (including phenoxy) is 1. The Balaban J connectivity index is 2.53. The molecule has 0 aliphatic carbocycles. The van der Waals surface area contributed by atoms with Crippen molar-refractivity contribution in [3.63, 3.8) is 0 Å². The second-order valence-electron chi connectivity index (χ2n) is 6.84. The van der Waals surface area contributed by atoms with Crippen LogP contribution in [0.5, 0.6) is 0 Å². The van der Waals surface area contributed by atoms with E-state index in [9.17, 15) is 0 Å². The average Bonchev–Trinajstić information content (AvgIpc) is 2.30. The van der Waals surface area contributed by atoms with Crippen LogP contribution in [0.15, 0.2) is 0 Å². The average molecular weight is 256 g/mol. The van der Waals surface area contributed by atoms with Gasteiger partial charge < -0.3 is 10.1 Å². The van der Waals surface area contributed by atoms with Crippen molar-refractivity contribution in [1.82, 2.24) is 10.2 Å². The lowest BCUT2D eigenvalue weighted by Gasteiger charge is -2.47. The summed E-state index contributed by atoms with van der Waals surface area (Å²) in [5.41, 5.74) is 0.245. The molecule has 1 saturated heterocycles. The SMILES string of the molecule is CCCC1CN(CCC(C)(C)OC)C(C)(C)CN1. The summed E-state index contributed by atoms with van der Waals surface area (Å²) in [7, 11) is 1.81. The van der Waals surface area contributed by atoms with Crippen molar-refractivity contribution in [2.75, 3.05) is 26.7 Å². The molecule has 1 fully saturated rings. The molecular formula is C15H32N2O. The summed E-state index contributed by atoms with van der Waals surface area (Å²) in [5.74, 6) is 0. The number of nitrogens with one attached hydrogen (secondary N) is 1. The Labute approximate surface area is 113 Å². The van der Waals surface area contributed by atoms with Crippen LogP contribution in [-0.2, 0) is 4.74 Å². The first-order valence-corrected chi connectivity index (χ1v) is 7.34. The van der Waals surface area contributed by atoms with Gasteiger partial charge in [-0.2, -0.15) is 0 Å². The number of hydrogen-bond acceptors (Lipinski definition) is 3. The van der Waals surface area contributed by atoms with Crippen molar-refractivity contribution >= 4 is 0 Å². The fourth-order valence-electron chi connectivity index (χ4n) is 2.53. The molecule has 0 aromatic heterocycles. The Morgan fingerprint density at radius 2 is 2.06 bits per heavy atom. The summed E-state index contributed by atoms with van der Waals surface area (Å²) in [4.78, 5) is 2.63. The van der Waals surface area contributed by atoms with E-state index in [2.05, 4.69) is 44.8 Å². The number of rotatable bonds is 6. The van der Waals surface area contributed by atoms with Crippen molar-refractivity contribution in [2.45, 2.75) is 71.1 Å². The third kappa shape index (κ3) is 4.52. The molecule has 1 heterocycles. The van der Waals surface area contributed by atoms with Crippen molar-refractivity contribution in [1.29, 1.82) is 0 Å². The van der Waals surface area contributed by atoms with Crippen LogP contribution < -0.4 is 5.32 Å². The molecular weight excluding hydrogens is 224 g/mol. The van der Waals surface area contributed by atoms with E-state index in [1.807, 2.05) is 7.11 Å². The first-order chi connectivity index (χ1) is 8.30. The molecule has 1 rings (SSSR count). The largest absolute Gasteiger partial charge is 0.379 e. The second kappa shape index (κ2) is 6.36. The highest BCUT2D eigenvalue weighted by atomic mass is 16.5. The standard InChI is InChI=1S/C15H32N2O/c1-7-8-13-11-17(14(2,3)12-16-13)10-9-15(4,5)18-6/h13,16H,7-12H2,1-6H3. The normalized spacial score (nSPS) is 25.3. The van der Waals surface area contributed by atoms with Crippen LogP contribution in [0.2, 0.25) is 0 Å². The molecule has 0 aromatic carbocycles. The summed E-state index contributed by atoms with van der Waals surface area (Å²) < 4.78 is 5.53. The zero-order valence-electron chi connectivity index (χ0n) is 13.2. The van der Waals surface area contributed by atoms with Gasteiger partial charge in [-0.1, -0.05) is 13.3 Å². The van der Waals surface area contributed by atoms with Crippen molar-refractivity contribution in [3.05, 3.63) is 0 Å². The highest BCUT2D eigenvalue weighted by Crippen LogP contribution is 2.23. The number of piperazine rings is 1. The first-order valence-electron chi connectivity index (χ1n) is 7.34. The van der Waals surface area contributed by atoms with Crippen LogP contribution >= 0.6 is 0 Å². The minimum Gasteiger partial charge on any atom is -0.379 e. The monoisotopic (exact) mass is 256 g/mol. The zero-order chi connectivity index (χ0) is 13.8. The molecule has 0 saturated carbocycles. The van der Waals surface area contributed by atoms with Gasteiger partial charge in [0.05, 0.1) is 5.60 Å². The van der Waals surface area contributed by atoms with E-state index in [0.29, 0.717) is 6.04 Å². The first kappa shape index (κ1) is 15.9. The third-order valence-electron chi connectivity index (χ3n) is 4.29. The highest BCUT2D eigenvalue weighted by Gasteiger charge is 2.34. The summed E-state index contributed by atoms with van der Waals surface area (Å²) in [6, 6.07) is 0.661. The predicted molar refractivity (Wildman–Crippen MR) is 78.1 cm³/mol. The van der Waals surface area contributed by atoms with Gasteiger partial charge in [-0.15, -0.1) is 0 Å². The Morgan fingerprint density at radius 3 is 2.61 bits per heavy atom. The van der Waals surface area contributed by atoms with E-state index in [4.69, 9.17) is 4.74 Å². The Morgan fingerprint density at radius 1 is 1.39 bits per heavy atom. The molecule has 3 nitrogen and oxygen atoms in total. The maximum atomic E-state index is 5.53. The Kier molecular flexibility index (Phi) is 5.63. The summed E-state index contributed by atoms with van der Waals surface area (Å²) in [6.07, 6.45) is 3.63. The molecule has 1 aliphatic rings. The molecule has 1 aliphatic heterocycles. The van der Waals surface area contributed by atoms with Crippen LogP contribution in [0.1, 0.15) is 53.9 Å². The topological polar surface area (TPSA) is 24.5 Å². The van der Waals surface area contributed by atoms with E-state index >= 15 is 0 Å². The van der Waals surface area contributed by atoms with Crippen molar-refractivity contribution in [2.24, 2.45) is 0 Å². The molecule has 108 valence electrons. The predicted octanol–water partition coefficient (Wildman–Crippen LogP) is 2.65. The van der Waals surface area contributed by atoms with E-state index in [-0.39, 0.29) is 11.1 Å². The molecule has 3 heteroatoms. The second-order valence-corrected chi connectivity index (χ2v) is 6.84. The van der Waals surface area contributed by atoms with Crippen LogP contribution in [-0.4, -0.2) is 48.8 Å². The lowest BCUT2D eigenvalue weighted by molar-refractivity contribution is -0.0113. The Bertz CT molecular complexity index is 251. The van der Waals surface area contributed by atoms with Gasteiger partial charge in [-0.25, -0.2) is 0 Å². The summed E-state index contributed by atoms with van der Waals surface area (Å²) >= 11 is 0. The van der Waals surface area contributed by atoms with Gasteiger partial charge in [0.25, 0.3) is 0 Å². The maximum Gasteiger partial charge on any atom is 0.0634 e. The van der Waals surface area contributed by atoms with Gasteiger partial charge in [0.15, 0.2) is 0 Å². The van der Waals surface area contributed by atoms with E-state index in [1.165, 1.54) is 19.4 Å². The summed E-state index contributed by atoms with van der Waals surface area (Å²) in [5, 5.41) is 3.68. The van der Waals surface area contributed by atoms with Gasteiger partial charge in [0.1, 0.15) is 0 Å². The molecule has 0 radical (unpaired) electrons. The fourth-order valence-corrected chi connectivity index (χ4v) is 2.53. The van der Waals surface area contributed by atoms with Crippen LogP contribution in [0.4, 0.5) is 0 Å². The van der Waals surface area contributed by atoms with Crippen LogP contribution in [0.25, 0.3) is 0 Å². The van der Waals surface area contributed by atoms with Crippen LogP contribution in [0, 0.1) is 0 Å². The number of methoxy groups -OCH3 is 1. The summed E-state index contributed by atoms with van der Waals surface area (Å²) in [6.45, 7) is 14.7. The van der Waals surface area contributed by atoms with E-state index in [0.717, 1.165) is 19.5 Å².